The number of likely N-dealkylation sites (N-methyl/N-ethyl adjacent to an activating group) is 1. The number of carbonyl (C=O) groups is 2. The van der Waals surface area contributed by atoms with Gasteiger partial charge in [0.2, 0.25) is 0 Å². The van der Waals surface area contributed by atoms with Crippen LogP contribution in [0.1, 0.15) is 37.0 Å². The summed E-state index contributed by atoms with van der Waals surface area (Å²) < 4.78 is 2.09. The molecule has 28 heavy (non-hydrogen) atoms. The Bertz CT molecular complexity index is 922. The molecule has 0 saturated heterocycles. The molecule has 0 spiro atoms. The number of fused-ring (bicyclic) bond motifs is 1. The van der Waals surface area contributed by atoms with Crippen LogP contribution in [-0.4, -0.2) is 52.6 Å². The maximum atomic E-state index is 13.1. The summed E-state index contributed by atoms with van der Waals surface area (Å²) in [5.74, 6) is -0.0661. The van der Waals surface area contributed by atoms with Crippen LogP contribution in [0.5, 0.6) is 0 Å². The normalized spacial score (nSPS) is 15.2. The molecule has 0 bridgehead atoms. The van der Waals surface area contributed by atoms with Gasteiger partial charge in [0.05, 0.1) is 5.69 Å². The number of rotatable bonds is 3. The van der Waals surface area contributed by atoms with Crippen molar-refractivity contribution in [3.8, 4) is 11.4 Å². The lowest BCUT2D eigenvalue weighted by Crippen LogP contribution is -2.37. The summed E-state index contributed by atoms with van der Waals surface area (Å²) >= 11 is 0. The third-order valence-electron chi connectivity index (χ3n) is 4.80. The van der Waals surface area contributed by atoms with Crippen LogP contribution in [0.2, 0.25) is 0 Å². The molecule has 7 heteroatoms. The van der Waals surface area contributed by atoms with E-state index in [4.69, 9.17) is 0 Å². The molecule has 2 heterocycles. The zero-order valence-corrected chi connectivity index (χ0v) is 17.1. The quantitative estimate of drug-likeness (QED) is 0.828. The molecule has 1 N–H and O–H groups in total. The first-order valence-corrected chi connectivity index (χ1v) is 9.41. The van der Waals surface area contributed by atoms with Gasteiger partial charge in [-0.05, 0) is 7.05 Å². The second-order valence-electron chi connectivity index (χ2n) is 8.08. The summed E-state index contributed by atoms with van der Waals surface area (Å²) in [5.41, 5.74) is 1.75. The Labute approximate surface area is 165 Å². The maximum absolute atomic E-state index is 13.1. The number of hydrogen-bond acceptors (Lipinski definition) is 4. The fraction of sp³-hybridized carbons (Fsp3) is 0.429. The Morgan fingerprint density at radius 2 is 1.82 bits per heavy atom. The number of hydrogen-bond donors (Lipinski definition) is 1. The van der Waals surface area contributed by atoms with Crippen molar-refractivity contribution in [1.82, 2.24) is 19.8 Å². The van der Waals surface area contributed by atoms with Gasteiger partial charge in [0.15, 0.2) is 5.69 Å². The molecular weight excluding hydrogens is 354 g/mol. The molecule has 0 fully saturated rings. The van der Waals surface area contributed by atoms with E-state index in [1.165, 1.54) is 7.05 Å². The number of carbonyl (C=O) groups excluding carboxylic acids is 2. The Morgan fingerprint density at radius 1 is 1.14 bits per heavy atom. The molecule has 1 aliphatic rings. The van der Waals surface area contributed by atoms with E-state index >= 15 is 0 Å². The van der Waals surface area contributed by atoms with Gasteiger partial charge in [-0.1, -0.05) is 51.1 Å². The average molecular weight is 381 g/mol. The molecule has 0 atom stereocenters. The second-order valence-corrected chi connectivity index (χ2v) is 8.08. The lowest BCUT2D eigenvalue weighted by atomic mass is 9.89. The van der Waals surface area contributed by atoms with E-state index in [1.807, 2.05) is 58.2 Å². The van der Waals surface area contributed by atoms with Crippen molar-refractivity contribution in [3.05, 3.63) is 41.7 Å². The molecule has 0 unspecified atom stereocenters. The Kier molecular flexibility index (Phi) is 5.47. The summed E-state index contributed by atoms with van der Waals surface area (Å²) in [4.78, 5) is 36.4. The van der Waals surface area contributed by atoms with Crippen molar-refractivity contribution < 1.29 is 9.59 Å². The molecular formula is C21H27N5O2. The van der Waals surface area contributed by atoms with Gasteiger partial charge < -0.3 is 9.88 Å². The second kappa shape index (κ2) is 7.67. The molecule has 3 rings (SSSR count). The lowest BCUT2D eigenvalue weighted by Gasteiger charge is -2.25. The zero-order chi connectivity index (χ0) is 20.5. The lowest BCUT2D eigenvalue weighted by molar-refractivity contribution is -0.114. The predicted octanol–water partition coefficient (Wildman–Crippen LogP) is 2.37. The summed E-state index contributed by atoms with van der Waals surface area (Å²) in [6.45, 7) is 7.83. The van der Waals surface area contributed by atoms with Crippen LogP contribution in [0.15, 0.2) is 35.3 Å². The summed E-state index contributed by atoms with van der Waals surface area (Å²) in [6.07, 6.45) is 0. The van der Waals surface area contributed by atoms with Gasteiger partial charge in [-0.3, -0.25) is 14.5 Å². The third-order valence-corrected chi connectivity index (χ3v) is 4.80. The molecule has 0 radical (unpaired) electrons. The van der Waals surface area contributed by atoms with Crippen molar-refractivity contribution in [2.75, 3.05) is 20.6 Å². The van der Waals surface area contributed by atoms with Crippen molar-refractivity contribution in [2.24, 2.45) is 10.4 Å². The first-order valence-electron chi connectivity index (χ1n) is 9.41. The number of nitrogens with zero attached hydrogens (tertiary/aromatic N) is 4. The summed E-state index contributed by atoms with van der Waals surface area (Å²) in [5, 5.41) is 2.57. The molecule has 0 aliphatic carbocycles. The maximum Gasteiger partial charge on any atom is 0.297 e. The van der Waals surface area contributed by atoms with Crippen LogP contribution >= 0.6 is 0 Å². The fourth-order valence-corrected chi connectivity index (χ4v) is 3.30. The van der Waals surface area contributed by atoms with Gasteiger partial charge in [-0.25, -0.2) is 9.98 Å². The van der Waals surface area contributed by atoms with Crippen LogP contribution in [0.3, 0.4) is 0 Å². The van der Waals surface area contributed by atoms with Crippen LogP contribution in [0.25, 0.3) is 11.4 Å². The highest BCUT2D eigenvalue weighted by Crippen LogP contribution is 2.27. The predicted molar refractivity (Wildman–Crippen MR) is 109 cm³/mol. The fourth-order valence-electron chi connectivity index (χ4n) is 3.30. The molecule has 2 amide bonds. The minimum absolute atomic E-state index is 0.201. The van der Waals surface area contributed by atoms with Crippen molar-refractivity contribution in [2.45, 2.75) is 33.9 Å². The van der Waals surface area contributed by atoms with E-state index in [9.17, 15) is 9.59 Å². The van der Waals surface area contributed by atoms with E-state index in [0.717, 1.165) is 30.2 Å². The highest BCUT2D eigenvalue weighted by atomic mass is 16.2. The largest absolute Gasteiger partial charge is 0.354 e. The minimum atomic E-state index is -0.561. The van der Waals surface area contributed by atoms with Gasteiger partial charge in [-0.15, -0.1) is 0 Å². The van der Waals surface area contributed by atoms with Crippen molar-refractivity contribution in [1.29, 1.82) is 0 Å². The molecule has 1 aromatic heterocycles. The monoisotopic (exact) mass is 381 g/mol. The van der Waals surface area contributed by atoms with Gasteiger partial charge in [-0.2, -0.15) is 0 Å². The number of aliphatic imine (C=N–C) groups is 1. The Balaban J connectivity index is 2.11. The zero-order valence-electron chi connectivity index (χ0n) is 17.1. The first kappa shape index (κ1) is 19.9. The first-order chi connectivity index (χ1) is 13.2. The van der Waals surface area contributed by atoms with E-state index < -0.39 is 11.3 Å². The number of benzene rings is 1. The van der Waals surface area contributed by atoms with Crippen LogP contribution in [0.4, 0.5) is 0 Å². The van der Waals surface area contributed by atoms with Gasteiger partial charge in [0.25, 0.3) is 11.8 Å². The summed E-state index contributed by atoms with van der Waals surface area (Å²) in [7, 11) is 3.55. The molecule has 1 aliphatic heterocycles. The number of amides is 2. The highest BCUT2D eigenvalue weighted by molar-refractivity contribution is 6.42. The van der Waals surface area contributed by atoms with Crippen molar-refractivity contribution >= 4 is 17.5 Å². The standard InChI is InChI=1S/C21H27N5O2/c1-21(2,3)17(20(28)22-4)24-19(27)16-15-13-25(5)11-12-26(15)18(23-16)14-9-7-6-8-10-14/h6-10H,11-13H2,1-5H3,(H,22,28). The molecule has 0 saturated carbocycles. The van der Waals surface area contributed by atoms with Gasteiger partial charge in [0.1, 0.15) is 11.5 Å². The number of nitrogens with one attached hydrogen (secondary N) is 1. The van der Waals surface area contributed by atoms with E-state index in [0.29, 0.717) is 12.2 Å². The molecule has 2 aromatic rings. The molecule has 7 nitrogen and oxygen atoms in total. The van der Waals surface area contributed by atoms with Gasteiger partial charge >= 0.3 is 0 Å². The van der Waals surface area contributed by atoms with E-state index in [-0.39, 0.29) is 11.6 Å². The summed E-state index contributed by atoms with van der Waals surface area (Å²) in [6, 6.07) is 9.82. The Morgan fingerprint density at radius 3 is 2.43 bits per heavy atom. The van der Waals surface area contributed by atoms with Crippen LogP contribution in [0, 0.1) is 5.41 Å². The average Bonchev–Trinajstić information content (AvgIpc) is 3.03. The number of aromatic nitrogens is 2. The highest BCUT2D eigenvalue weighted by Gasteiger charge is 2.30. The van der Waals surface area contributed by atoms with Crippen LogP contribution < -0.4 is 5.32 Å². The van der Waals surface area contributed by atoms with E-state index in [1.54, 1.807) is 0 Å². The number of imidazole rings is 1. The minimum Gasteiger partial charge on any atom is -0.354 e. The van der Waals surface area contributed by atoms with E-state index in [2.05, 4.69) is 24.8 Å². The SMILES string of the molecule is CNC(=O)C(=NC(=O)c1nc(-c2ccccc2)n2c1CN(C)CC2)C(C)(C)C. The smallest absolute Gasteiger partial charge is 0.297 e. The topological polar surface area (TPSA) is 79.6 Å². The van der Waals surface area contributed by atoms with Crippen LogP contribution in [-0.2, 0) is 17.9 Å². The molecule has 1 aromatic carbocycles. The third kappa shape index (κ3) is 3.89. The van der Waals surface area contributed by atoms with Crippen molar-refractivity contribution in [3.63, 3.8) is 0 Å². The molecule has 148 valence electrons. The van der Waals surface area contributed by atoms with Gasteiger partial charge in [0, 0.05) is 37.7 Å². The Hall–Kier alpha value is -2.80.